The maximum absolute atomic E-state index is 2.49. The Morgan fingerprint density at radius 1 is 0.435 bits per heavy atom. The fraction of sp³-hybridized carbons (Fsp3) is 0.182. The Labute approximate surface area is 275 Å². The summed E-state index contributed by atoms with van der Waals surface area (Å²) in [6.07, 6.45) is 0. The SMILES string of the molecule is CC(C)(C)c1ccc2c(c1)c1cc(C(C)(C)C)ccc1n2-c1ccccc1-c1ccccc1-c1ccc2c(c1)sc1ccccc12. The summed E-state index contributed by atoms with van der Waals surface area (Å²) in [5.41, 5.74) is 11.5. The first-order chi connectivity index (χ1) is 22.1. The molecule has 0 bridgehead atoms. The molecule has 0 fully saturated rings. The number of hydrogen-bond donors (Lipinski definition) is 0. The molecule has 8 aromatic rings. The van der Waals surface area contributed by atoms with Crippen molar-refractivity contribution in [2.24, 2.45) is 0 Å². The summed E-state index contributed by atoms with van der Waals surface area (Å²) in [6.45, 7) is 13.8. The van der Waals surface area contributed by atoms with Gasteiger partial charge >= 0.3 is 0 Å². The van der Waals surface area contributed by atoms with Gasteiger partial charge in [-0.05, 0) is 81.1 Å². The van der Waals surface area contributed by atoms with Crippen LogP contribution in [0.25, 0.3) is 69.9 Å². The monoisotopic (exact) mass is 613 g/mol. The summed E-state index contributed by atoms with van der Waals surface area (Å²) >= 11 is 1.88. The van der Waals surface area contributed by atoms with Crippen molar-refractivity contribution in [2.45, 2.75) is 52.4 Å². The lowest BCUT2D eigenvalue weighted by atomic mass is 9.85. The number of thiophene rings is 1. The number of fused-ring (bicyclic) bond motifs is 6. The van der Waals surface area contributed by atoms with Crippen molar-refractivity contribution in [3.05, 3.63) is 139 Å². The quantitative estimate of drug-likeness (QED) is 0.187. The van der Waals surface area contributed by atoms with Crippen LogP contribution in [0.3, 0.4) is 0 Å². The van der Waals surface area contributed by atoms with Crippen LogP contribution in [0.1, 0.15) is 52.7 Å². The molecule has 0 aliphatic rings. The molecule has 2 heterocycles. The second-order valence-electron chi connectivity index (χ2n) is 14.7. The predicted octanol–water partition coefficient (Wildman–Crippen LogP) is 13.1. The topological polar surface area (TPSA) is 4.93 Å². The molecule has 0 spiro atoms. The molecule has 0 saturated heterocycles. The smallest absolute Gasteiger partial charge is 0.0541 e. The van der Waals surface area contributed by atoms with Crippen LogP contribution >= 0.6 is 11.3 Å². The summed E-state index contributed by atoms with van der Waals surface area (Å²) < 4.78 is 5.16. The Balaban J connectivity index is 1.37. The minimum Gasteiger partial charge on any atom is -0.309 e. The highest BCUT2D eigenvalue weighted by Crippen LogP contribution is 2.43. The molecule has 0 radical (unpaired) electrons. The zero-order valence-electron chi connectivity index (χ0n) is 27.5. The summed E-state index contributed by atoms with van der Waals surface area (Å²) in [4.78, 5) is 0. The summed E-state index contributed by atoms with van der Waals surface area (Å²) in [7, 11) is 0. The van der Waals surface area contributed by atoms with E-state index < -0.39 is 0 Å². The summed E-state index contributed by atoms with van der Waals surface area (Å²) in [5, 5.41) is 5.29. The lowest BCUT2D eigenvalue weighted by Gasteiger charge is -2.20. The molecular weight excluding hydrogens is 575 g/mol. The van der Waals surface area contributed by atoms with Crippen molar-refractivity contribution in [3.63, 3.8) is 0 Å². The first-order valence-corrected chi connectivity index (χ1v) is 17.1. The average Bonchev–Trinajstić information content (AvgIpc) is 3.58. The van der Waals surface area contributed by atoms with Crippen molar-refractivity contribution in [1.29, 1.82) is 0 Å². The molecule has 0 atom stereocenters. The van der Waals surface area contributed by atoms with Crippen LogP contribution in [0.4, 0.5) is 0 Å². The number of benzene rings is 6. The van der Waals surface area contributed by atoms with E-state index in [0.29, 0.717) is 0 Å². The van der Waals surface area contributed by atoms with E-state index in [-0.39, 0.29) is 10.8 Å². The Morgan fingerprint density at radius 2 is 0.978 bits per heavy atom. The maximum Gasteiger partial charge on any atom is 0.0541 e. The highest BCUT2D eigenvalue weighted by molar-refractivity contribution is 7.25. The van der Waals surface area contributed by atoms with Gasteiger partial charge in [-0.1, -0.05) is 126 Å². The predicted molar refractivity (Wildman–Crippen MR) is 202 cm³/mol. The van der Waals surface area contributed by atoms with Crippen molar-refractivity contribution < 1.29 is 0 Å². The third-order valence-electron chi connectivity index (χ3n) is 9.55. The van der Waals surface area contributed by atoms with Crippen LogP contribution in [0.15, 0.2) is 127 Å². The molecule has 46 heavy (non-hydrogen) atoms. The highest BCUT2D eigenvalue weighted by Gasteiger charge is 2.22. The van der Waals surface area contributed by atoms with Crippen molar-refractivity contribution in [1.82, 2.24) is 4.57 Å². The number of para-hydroxylation sites is 1. The van der Waals surface area contributed by atoms with Crippen LogP contribution in [0.2, 0.25) is 0 Å². The molecule has 2 heteroatoms. The minimum absolute atomic E-state index is 0.0661. The Kier molecular flexibility index (Phi) is 6.53. The standard InChI is InChI=1S/C44H39NS/c1-43(2,3)29-20-23-39-36(26-29)37-27-30(44(4,5)6)21-24-40(37)45(39)38-17-11-9-15-33(38)32-14-8-7-13-31(32)28-19-22-35-34-16-10-12-18-41(34)46-42(35)25-28/h7-27H,1-6H3. The minimum atomic E-state index is 0.0661. The van der Waals surface area contributed by atoms with E-state index >= 15 is 0 Å². The van der Waals surface area contributed by atoms with E-state index in [9.17, 15) is 0 Å². The highest BCUT2D eigenvalue weighted by atomic mass is 32.1. The van der Waals surface area contributed by atoms with Crippen molar-refractivity contribution in [3.8, 4) is 27.9 Å². The molecule has 0 N–H and O–H groups in total. The lowest BCUT2D eigenvalue weighted by molar-refractivity contribution is 0.590. The van der Waals surface area contributed by atoms with Gasteiger partial charge in [0.05, 0.1) is 16.7 Å². The first-order valence-electron chi connectivity index (χ1n) is 16.3. The fourth-order valence-corrected chi connectivity index (χ4v) is 8.12. The van der Waals surface area contributed by atoms with Gasteiger partial charge in [-0.25, -0.2) is 0 Å². The third kappa shape index (κ3) is 4.66. The Hall–Kier alpha value is -4.66. The van der Waals surface area contributed by atoms with Gasteiger partial charge in [0.2, 0.25) is 0 Å². The summed E-state index contributed by atoms with van der Waals surface area (Å²) in [5.74, 6) is 0. The number of rotatable bonds is 3. The maximum atomic E-state index is 2.49. The third-order valence-corrected chi connectivity index (χ3v) is 10.7. The van der Waals surface area contributed by atoms with Gasteiger partial charge in [0, 0.05) is 36.5 Å². The number of aromatic nitrogens is 1. The van der Waals surface area contributed by atoms with Gasteiger partial charge in [0.15, 0.2) is 0 Å². The molecule has 0 amide bonds. The molecule has 0 aliphatic carbocycles. The Bertz CT molecular complexity index is 2370. The van der Waals surface area contributed by atoms with Crippen molar-refractivity contribution >= 4 is 53.3 Å². The zero-order chi connectivity index (χ0) is 31.8. The van der Waals surface area contributed by atoms with E-state index in [1.807, 2.05) is 11.3 Å². The van der Waals surface area contributed by atoms with Gasteiger partial charge in [0.1, 0.15) is 0 Å². The second-order valence-corrected chi connectivity index (χ2v) is 15.8. The molecule has 0 aliphatic heterocycles. The largest absolute Gasteiger partial charge is 0.309 e. The molecule has 0 saturated carbocycles. The van der Waals surface area contributed by atoms with Gasteiger partial charge in [-0.2, -0.15) is 0 Å². The van der Waals surface area contributed by atoms with Crippen LogP contribution < -0.4 is 0 Å². The van der Waals surface area contributed by atoms with Gasteiger partial charge in [0.25, 0.3) is 0 Å². The van der Waals surface area contributed by atoms with Gasteiger partial charge < -0.3 is 4.57 Å². The molecule has 0 unspecified atom stereocenters. The van der Waals surface area contributed by atoms with E-state index in [1.54, 1.807) is 0 Å². The van der Waals surface area contributed by atoms with Crippen LogP contribution in [0.5, 0.6) is 0 Å². The Morgan fingerprint density at radius 3 is 1.63 bits per heavy atom. The van der Waals surface area contributed by atoms with E-state index in [2.05, 4.69) is 174 Å². The first kappa shape index (κ1) is 28.8. The van der Waals surface area contributed by atoms with E-state index in [4.69, 9.17) is 0 Å². The lowest BCUT2D eigenvalue weighted by Crippen LogP contribution is -2.10. The zero-order valence-corrected chi connectivity index (χ0v) is 28.3. The number of nitrogens with zero attached hydrogens (tertiary/aromatic N) is 1. The second kappa shape index (κ2) is 10.4. The normalized spacial score (nSPS) is 12.6. The van der Waals surface area contributed by atoms with Crippen molar-refractivity contribution in [2.75, 3.05) is 0 Å². The van der Waals surface area contributed by atoms with Gasteiger partial charge in [-0.15, -0.1) is 11.3 Å². The average molecular weight is 614 g/mol. The van der Waals surface area contributed by atoms with Crippen LogP contribution in [-0.4, -0.2) is 4.57 Å². The van der Waals surface area contributed by atoms with E-state index in [1.165, 1.54) is 81.0 Å². The molecule has 1 nitrogen and oxygen atoms in total. The van der Waals surface area contributed by atoms with E-state index in [0.717, 1.165) is 0 Å². The molecule has 2 aromatic heterocycles. The van der Waals surface area contributed by atoms with Crippen LogP contribution in [-0.2, 0) is 10.8 Å². The molecular formula is C44H39NS. The summed E-state index contributed by atoms with van der Waals surface area (Å²) in [6, 6.07) is 47.7. The van der Waals surface area contributed by atoms with Gasteiger partial charge in [-0.3, -0.25) is 0 Å². The fourth-order valence-electron chi connectivity index (χ4n) is 6.98. The molecule has 6 aromatic carbocycles. The molecule has 226 valence electrons. The number of hydrogen-bond acceptors (Lipinski definition) is 1. The molecule has 8 rings (SSSR count). The van der Waals surface area contributed by atoms with Crippen LogP contribution in [0, 0.1) is 0 Å².